The van der Waals surface area contributed by atoms with E-state index in [0.717, 1.165) is 15.8 Å². The molecule has 2 aromatic carbocycles. The number of anilines is 1. The molecule has 23 heavy (non-hydrogen) atoms. The van der Waals surface area contributed by atoms with E-state index < -0.39 is 5.97 Å². The van der Waals surface area contributed by atoms with Crippen LogP contribution in [0.15, 0.2) is 46.9 Å². The molecule has 0 aliphatic rings. The largest absolute Gasteiger partial charge is 0.497 e. The Morgan fingerprint density at radius 1 is 1.30 bits per heavy atom. The second-order valence-corrected chi connectivity index (χ2v) is 6.10. The molecule has 1 atom stereocenters. The summed E-state index contributed by atoms with van der Waals surface area (Å²) < 4.78 is 5.85. The molecule has 0 radical (unpaired) electrons. The lowest BCUT2D eigenvalue weighted by Crippen LogP contribution is -2.31. The second-order valence-electron chi connectivity index (χ2n) is 5.19. The van der Waals surface area contributed by atoms with E-state index >= 15 is 0 Å². The SMILES string of the molecule is COc1ccc(CC(N)CNc2ccc(Br)cc2C(=O)O)cc1. The number of benzene rings is 2. The summed E-state index contributed by atoms with van der Waals surface area (Å²) in [4.78, 5) is 11.3. The fraction of sp³-hybridized carbons (Fsp3) is 0.235. The summed E-state index contributed by atoms with van der Waals surface area (Å²) in [7, 11) is 1.63. The number of hydrogen-bond donors (Lipinski definition) is 3. The van der Waals surface area contributed by atoms with Gasteiger partial charge in [0.25, 0.3) is 0 Å². The van der Waals surface area contributed by atoms with Crippen molar-refractivity contribution in [3.63, 3.8) is 0 Å². The maximum atomic E-state index is 11.3. The Kier molecular flexibility index (Phi) is 6.01. The van der Waals surface area contributed by atoms with Crippen molar-refractivity contribution in [2.45, 2.75) is 12.5 Å². The van der Waals surface area contributed by atoms with Crippen LogP contribution in [0.3, 0.4) is 0 Å². The first kappa shape index (κ1) is 17.3. The van der Waals surface area contributed by atoms with E-state index in [9.17, 15) is 9.90 Å². The van der Waals surface area contributed by atoms with Gasteiger partial charge in [-0.2, -0.15) is 0 Å². The van der Waals surface area contributed by atoms with Gasteiger partial charge in [-0.25, -0.2) is 4.79 Å². The van der Waals surface area contributed by atoms with Gasteiger partial charge in [0.05, 0.1) is 12.7 Å². The number of rotatable bonds is 7. The molecule has 0 amide bonds. The third kappa shape index (κ3) is 4.97. The number of aromatic carboxylic acids is 1. The number of halogens is 1. The highest BCUT2D eigenvalue weighted by Gasteiger charge is 2.12. The number of carboxylic acids is 1. The maximum Gasteiger partial charge on any atom is 0.337 e. The van der Waals surface area contributed by atoms with Crippen LogP contribution in [-0.4, -0.2) is 30.8 Å². The average molecular weight is 379 g/mol. The summed E-state index contributed by atoms with van der Waals surface area (Å²) >= 11 is 3.27. The fourth-order valence-electron chi connectivity index (χ4n) is 2.23. The summed E-state index contributed by atoms with van der Waals surface area (Å²) in [6.45, 7) is 0.480. The Labute approximate surface area is 143 Å². The smallest absolute Gasteiger partial charge is 0.337 e. The number of ether oxygens (including phenoxy) is 1. The van der Waals surface area contributed by atoms with Gasteiger partial charge in [0.1, 0.15) is 5.75 Å². The molecule has 0 spiro atoms. The zero-order valence-corrected chi connectivity index (χ0v) is 14.3. The molecule has 0 aliphatic carbocycles. The molecule has 4 N–H and O–H groups in total. The van der Waals surface area contributed by atoms with Crippen LogP contribution in [0.25, 0.3) is 0 Å². The minimum atomic E-state index is -0.975. The van der Waals surface area contributed by atoms with Crippen LogP contribution < -0.4 is 15.8 Å². The van der Waals surface area contributed by atoms with Crippen molar-refractivity contribution >= 4 is 27.6 Å². The summed E-state index contributed by atoms with van der Waals surface area (Å²) in [5, 5.41) is 12.3. The number of carboxylic acid groups (broad SMARTS) is 1. The van der Waals surface area contributed by atoms with Crippen molar-refractivity contribution in [1.29, 1.82) is 0 Å². The molecule has 2 rings (SSSR count). The third-order valence-electron chi connectivity index (χ3n) is 3.42. The minimum absolute atomic E-state index is 0.131. The van der Waals surface area contributed by atoms with Gasteiger partial charge in [-0.3, -0.25) is 0 Å². The molecule has 0 aliphatic heterocycles. The summed E-state index contributed by atoms with van der Waals surface area (Å²) in [6, 6.07) is 12.7. The van der Waals surface area contributed by atoms with Crippen LogP contribution in [0.5, 0.6) is 5.75 Å². The van der Waals surface area contributed by atoms with Gasteiger partial charge in [0.15, 0.2) is 0 Å². The van der Waals surface area contributed by atoms with Crippen molar-refractivity contribution in [3.05, 3.63) is 58.1 Å². The molecular formula is C17H19BrN2O3. The molecule has 122 valence electrons. The summed E-state index contributed by atoms with van der Waals surface area (Å²) in [5.41, 5.74) is 8.02. The van der Waals surface area contributed by atoms with Crippen molar-refractivity contribution < 1.29 is 14.6 Å². The molecule has 0 saturated carbocycles. The predicted octanol–water partition coefficient (Wildman–Crippen LogP) is 3.14. The van der Waals surface area contributed by atoms with E-state index in [0.29, 0.717) is 18.7 Å². The first-order valence-corrected chi connectivity index (χ1v) is 7.94. The van der Waals surface area contributed by atoms with Gasteiger partial charge < -0.3 is 20.9 Å². The van der Waals surface area contributed by atoms with Gasteiger partial charge in [-0.1, -0.05) is 28.1 Å². The highest BCUT2D eigenvalue weighted by Crippen LogP contribution is 2.21. The van der Waals surface area contributed by atoms with E-state index in [-0.39, 0.29) is 11.6 Å². The second kappa shape index (κ2) is 7.99. The number of nitrogens with two attached hydrogens (primary N) is 1. The average Bonchev–Trinajstić information content (AvgIpc) is 2.54. The first-order valence-electron chi connectivity index (χ1n) is 7.15. The van der Waals surface area contributed by atoms with Crippen molar-refractivity contribution in [1.82, 2.24) is 0 Å². The van der Waals surface area contributed by atoms with E-state index in [4.69, 9.17) is 10.5 Å². The lowest BCUT2D eigenvalue weighted by Gasteiger charge is -2.15. The van der Waals surface area contributed by atoms with Crippen molar-refractivity contribution in [3.8, 4) is 5.75 Å². The Hall–Kier alpha value is -2.05. The Bertz CT molecular complexity index is 674. The summed E-state index contributed by atoms with van der Waals surface area (Å²) in [6.07, 6.45) is 0.690. The van der Waals surface area contributed by atoms with E-state index in [1.165, 1.54) is 0 Å². The van der Waals surface area contributed by atoms with Crippen LogP contribution in [0.2, 0.25) is 0 Å². The minimum Gasteiger partial charge on any atom is -0.497 e. The number of methoxy groups -OCH3 is 1. The Morgan fingerprint density at radius 3 is 2.61 bits per heavy atom. The number of nitrogens with one attached hydrogen (secondary N) is 1. The van der Waals surface area contributed by atoms with Gasteiger partial charge in [-0.05, 0) is 42.3 Å². The molecule has 1 unspecified atom stereocenters. The first-order chi connectivity index (χ1) is 11.0. The van der Waals surface area contributed by atoms with Crippen LogP contribution in [0, 0.1) is 0 Å². The third-order valence-corrected chi connectivity index (χ3v) is 3.92. The van der Waals surface area contributed by atoms with Crippen LogP contribution in [0.4, 0.5) is 5.69 Å². The van der Waals surface area contributed by atoms with Gasteiger partial charge in [-0.15, -0.1) is 0 Å². The molecule has 2 aromatic rings. The molecule has 0 aromatic heterocycles. The summed E-state index contributed by atoms with van der Waals surface area (Å²) in [5.74, 6) is -0.168. The van der Waals surface area contributed by atoms with Crippen molar-refractivity contribution in [2.75, 3.05) is 19.0 Å². The number of hydrogen-bond acceptors (Lipinski definition) is 4. The lowest BCUT2D eigenvalue weighted by atomic mass is 10.1. The molecule has 6 heteroatoms. The normalized spacial score (nSPS) is 11.8. The lowest BCUT2D eigenvalue weighted by molar-refractivity contribution is 0.0698. The van der Waals surface area contributed by atoms with E-state index in [1.54, 1.807) is 25.3 Å². The van der Waals surface area contributed by atoms with Gasteiger partial charge in [0, 0.05) is 22.7 Å². The number of carbonyl (C=O) groups is 1. The van der Waals surface area contributed by atoms with Gasteiger partial charge >= 0.3 is 5.97 Å². The zero-order chi connectivity index (χ0) is 16.8. The zero-order valence-electron chi connectivity index (χ0n) is 12.8. The standard InChI is InChI=1S/C17H19BrN2O3/c1-23-14-5-2-11(3-6-14)8-13(19)10-20-16-7-4-12(18)9-15(16)17(21)22/h2-7,9,13,20H,8,10,19H2,1H3,(H,21,22). The molecular weight excluding hydrogens is 360 g/mol. The topological polar surface area (TPSA) is 84.6 Å². The molecule has 0 heterocycles. The van der Waals surface area contributed by atoms with Crippen LogP contribution >= 0.6 is 15.9 Å². The highest BCUT2D eigenvalue weighted by atomic mass is 79.9. The predicted molar refractivity (Wildman–Crippen MR) is 94.3 cm³/mol. The highest BCUT2D eigenvalue weighted by molar-refractivity contribution is 9.10. The van der Waals surface area contributed by atoms with Crippen molar-refractivity contribution in [2.24, 2.45) is 5.73 Å². The monoisotopic (exact) mass is 378 g/mol. The Balaban J connectivity index is 1.96. The van der Waals surface area contributed by atoms with Gasteiger partial charge in [0.2, 0.25) is 0 Å². The quantitative estimate of drug-likeness (QED) is 0.688. The maximum absolute atomic E-state index is 11.3. The fourth-order valence-corrected chi connectivity index (χ4v) is 2.59. The van der Waals surface area contributed by atoms with Crippen LogP contribution in [-0.2, 0) is 6.42 Å². The molecule has 0 saturated heterocycles. The molecule has 0 fully saturated rings. The molecule has 0 bridgehead atoms. The van der Waals surface area contributed by atoms with E-state index in [2.05, 4.69) is 21.2 Å². The van der Waals surface area contributed by atoms with E-state index in [1.807, 2.05) is 24.3 Å². The molecule has 5 nitrogen and oxygen atoms in total. The Morgan fingerprint density at radius 2 is 2.00 bits per heavy atom. The van der Waals surface area contributed by atoms with Crippen LogP contribution in [0.1, 0.15) is 15.9 Å².